The molecule has 0 unspecified atom stereocenters. The van der Waals surface area contributed by atoms with Crippen molar-refractivity contribution in [3.05, 3.63) is 72.4 Å². The molecule has 0 amide bonds. The summed E-state index contributed by atoms with van der Waals surface area (Å²) in [5.74, 6) is 0. The fourth-order valence-corrected chi connectivity index (χ4v) is 2.63. The van der Waals surface area contributed by atoms with E-state index < -0.39 is 0 Å². The van der Waals surface area contributed by atoms with Crippen LogP contribution >= 0.6 is 0 Å². The Morgan fingerprint density at radius 1 is 0.960 bits per heavy atom. The van der Waals surface area contributed by atoms with E-state index in [2.05, 4.69) is 23.6 Å². The molecule has 0 fully saturated rings. The molecule has 0 saturated carbocycles. The van der Waals surface area contributed by atoms with Gasteiger partial charge in [0, 0.05) is 30.4 Å². The molecule has 0 aliphatic rings. The Labute approximate surface area is 147 Å². The van der Waals surface area contributed by atoms with E-state index in [-0.39, 0.29) is 6.61 Å². The topological polar surface area (TPSA) is 59.3 Å². The second-order valence-corrected chi connectivity index (χ2v) is 5.66. The predicted molar refractivity (Wildman–Crippen MR) is 98.6 cm³/mol. The Balaban J connectivity index is 1.76. The Morgan fingerprint density at radius 3 is 2.40 bits per heavy atom. The number of rotatable bonds is 9. The van der Waals surface area contributed by atoms with Crippen molar-refractivity contribution in [2.24, 2.45) is 0 Å². The van der Waals surface area contributed by atoms with Crippen molar-refractivity contribution < 1.29 is 9.84 Å². The first-order chi connectivity index (χ1) is 12.4. The molecule has 3 aromatic rings. The number of aliphatic hydroxyl groups is 1. The number of aromatic nitrogens is 2. The largest absolute Gasteiger partial charge is 0.394 e. The highest BCUT2D eigenvalue weighted by Gasteiger charge is 2.11. The Kier molecular flexibility index (Phi) is 6.34. The molecule has 130 valence electrons. The number of ether oxygens (including phenoxy) is 1. The molecule has 0 aliphatic heterocycles. The quantitative estimate of drug-likeness (QED) is 0.589. The first kappa shape index (κ1) is 17.4. The number of hydrogen-bond acceptors (Lipinski definition) is 4. The molecular weight excluding hydrogens is 314 g/mol. The number of nitrogens with one attached hydrogen (secondary N) is 1. The number of para-hydroxylation sites is 1. The maximum absolute atomic E-state index is 8.72. The Morgan fingerprint density at radius 2 is 1.68 bits per heavy atom. The van der Waals surface area contributed by atoms with Gasteiger partial charge < -0.3 is 15.2 Å². The average molecular weight is 337 g/mol. The number of hydrogen-bond donors (Lipinski definition) is 2. The Hall–Kier alpha value is -2.47. The van der Waals surface area contributed by atoms with E-state index in [1.165, 1.54) is 0 Å². The van der Waals surface area contributed by atoms with Crippen LogP contribution in [-0.4, -0.2) is 41.3 Å². The highest BCUT2D eigenvalue weighted by molar-refractivity contribution is 5.63. The lowest BCUT2D eigenvalue weighted by Gasteiger charge is -2.05. The van der Waals surface area contributed by atoms with Gasteiger partial charge in [-0.2, -0.15) is 5.10 Å². The van der Waals surface area contributed by atoms with E-state index in [1.54, 1.807) is 0 Å². The monoisotopic (exact) mass is 337 g/mol. The maximum atomic E-state index is 8.72. The molecule has 1 heterocycles. The third kappa shape index (κ3) is 4.76. The van der Waals surface area contributed by atoms with Gasteiger partial charge in [-0.1, -0.05) is 48.5 Å². The summed E-state index contributed by atoms with van der Waals surface area (Å²) in [5, 5.41) is 16.9. The van der Waals surface area contributed by atoms with E-state index in [0.29, 0.717) is 19.8 Å². The van der Waals surface area contributed by atoms with Gasteiger partial charge in [0.05, 0.1) is 31.2 Å². The maximum Gasteiger partial charge on any atom is 0.0972 e. The molecule has 0 bridgehead atoms. The lowest BCUT2D eigenvalue weighted by atomic mass is 10.1. The van der Waals surface area contributed by atoms with E-state index in [4.69, 9.17) is 14.9 Å². The first-order valence-electron chi connectivity index (χ1n) is 8.47. The molecule has 2 aromatic carbocycles. The standard InChI is InChI=1S/C20H23N3O2/c24-12-14-25-13-11-21-15-18-16-23(19-9-5-2-6-10-19)22-20(18)17-7-3-1-4-8-17/h1-10,16,21,24H,11-15H2. The highest BCUT2D eigenvalue weighted by Crippen LogP contribution is 2.23. The summed E-state index contributed by atoms with van der Waals surface area (Å²) in [7, 11) is 0. The van der Waals surface area contributed by atoms with Crippen LogP contribution in [0.1, 0.15) is 5.56 Å². The summed E-state index contributed by atoms with van der Waals surface area (Å²) >= 11 is 0. The van der Waals surface area contributed by atoms with Gasteiger partial charge in [0.2, 0.25) is 0 Å². The van der Waals surface area contributed by atoms with Crippen molar-refractivity contribution in [1.29, 1.82) is 0 Å². The zero-order valence-electron chi connectivity index (χ0n) is 14.1. The lowest BCUT2D eigenvalue weighted by Crippen LogP contribution is -2.20. The third-order valence-electron chi connectivity index (χ3n) is 3.83. The summed E-state index contributed by atoms with van der Waals surface area (Å²) in [6, 6.07) is 20.3. The number of benzene rings is 2. The minimum Gasteiger partial charge on any atom is -0.394 e. The van der Waals surface area contributed by atoms with Crippen LogP contribution in [0, 0.1) is 0 Å². The van der Waals surface area contributed by atoms with E-state index in [9.17, 15) is 0 Å². The van der Waals surface area contributed by atoms with Crippen molar-refractivity contribution in [1.82, 2.24) is 15.1 Å². The molecule has 25 heavy (non-hydrogen) atoms. The van der Waals surface area contributed by atoms with Crippen LogP contribution in [0.4, 0.5) is 0 Å². The molecule has 2 N–H and O–H groups in total. The van der Waals surface area contributed by atoms with Gasteiger partial charge in [-0.05, 0) is 12.1 Å². The molecule has 0 atom stereocenters. The van der Waals surface area contributed by atoms with Crippen LogP contribution in [0.25, 0.3) is 16.9 Å². The van der Waals surface area contributed by atoms with Gasteiger partial charge in [-0.3, -0.25) is 0 Å². The van der Waals surface area contributed by atoms with E-state index in [1.807, 2.05) is 53.2 Å². The summed E-state index contributed by atoms with van der Waals surface area (Å²) in [5.41, 5.74) is 4.26. The van der Waals surface area contributed by atoms with Crippen LogP contribution in [0.15, 0.2) is 66.9 Å². The zero-order valence-corrected chi connectivity index (χ0v) is 14.1. The molecule has 0 radical (unpaired) electrons. The van der Waals surface area contributed by atoms with Crippen LogP contribution in [-0.2, 0) is 11.3 Å². The van der Waals surface area contributed by atoms with Crippen molar-refractivity contribution in [2.45, 2.75) is 6.54 Å². The molecule has 3 rings (SSSR count). The molecule has 5 heteroatoms. The summed E-state index contributed by atoms with van der Waals surface area (Å²) in [6.07, 6.45) is 2.07. The normalized spacial score (nSPS) is 10.9. The van der Waals surface area contributed by atoms with Crippen LogP contribution in [0.2, 0.25) is 0 Å². The van der Waals surface area contributed by atoms with Crippen LogP contribution < -0.4 is 5.32 Å². The van der Waals surface area contributed by atoms with Gasteiger partial charge >= 0.3 is 0 Å². The van der Waals surface area contributed by atoms with Crippen molar-refractivity contribution in [3.8, 4) is 16.9 Å². The summed E-state index contributed by atoms with van der Waals surface area (Å²) < 4.78 is 7.20. The first-order valence-corrected chi connectivity index (χ1v) is 8.47. The van der Waals surface area contributed by atoms with Crippen LogP contribution in [0.3, 0.4) is 0 Å². The highest BCUT2D eigenvalue weighted by atomic mass is 16.5. The van der Waals surface area contributed by atoms with Crippen molar-refractivity contribution >= 4 is 0 Å². The van der Waals surface area contributed by atoms with Gasteiger partial charge in [-0.15, -0.1) is 0 Å². The zero-order chi connectivity index (χ0) is 17.3. The molecule has 0 aliphatic carbocycles. The summed E-state index contributed by atoms with van der Waals surface area (Å²) in [6.45, 7) is 2.45. The minimum absolute atomic E-state index is 0.0575. The molecule has 1 aromatic heterocycles. The Bertz CT molecular complexity index is 757. The smallest absolute Gasteiger partial charge is 0.0972 e. The second-order valence-electron chi connectivity index (χ2n) is 5.66. The lowest BCUT2D eigenvalue weighted by molar-refractivity contribution is 0.0938. The van der Waals surface area contributed by atoms with Gasteiger partial charge in [0.15, 0.2) is 0 Å². The third-order valence-corrected chi connectivity index (χ3v) is 3.83. The molecule has 0 saturated heterocycles. The fourth-order valence-electron chi connectivity index (χ4n) is 2.63. The second kappa shape index (κ2) is 9.13. The molecule has 0 spiro atoms. The minimum atomic E-state index is 0.0575. The van der Waals surface area contributed by atoms with E-state index in [0.717, 1.165) is 29.1 Å². The summed E-state index contributed by atoms with van der Waals surface area (Å²) in [4.78, 5) is 0. The molecule has 5 nitrogen and oxygen atoms in total. The van der Waals surface area contributed by atoms with Gasteiger partial charge in [-0.25, -0.2) is 4.68 Å². The average Bonchev–Trinajstić information content (AvgIpc) is 3.10. The van der Waals surface area contributed by atoms with Crippen molar-refractivity contribution in [3.63, 3.8) is 0 Å². The van der Waals surface area contributed by atoms with Gasteiger partial charge in [0.1, 0.15) is 0 Å². The van der Waals surface area contributed by atoms with E-state index >= 15 is 0 Å². The SMILES string of the molecule is OCCOCCNCc1cn(-c2ccccc2)nc1-c1ccccc1. The fraction of sp³-hybridized carbons (Fsp3) is 0.250. The van der Waals surface area contributed by atoms with Gasteiger partial charge in [0.25, 0.3) is 0 Å². The predicted octanol–water partition coefficient (Wildman–Crippen LogP) is 2.64. The molecular formula is C20H23N3O2. The van der Waals surface area contributed by atoms with Crippen LogP contribution in [0.5, 0.6) is 0 Å². The number of aliphatic hydroxyl groups excluding tert-OH is 1. The number of nitrogens with zero attached hydrogens (tertiary/aromatic N) is 2. The van der Waals surface area contributed by atoms with Crippen molar-refractivity contribution in [2.75, 3.05) is 26.4 Å².